The Balaban J connectivity index is 2.14. The lowest BCUT2D eigenvalue weighted by Gasteiger charge is -2.24. The van der Waals surface area contributed by atoms with E-state index in [1.54, 1.807) is 23.6 Å². The average molecular weight is 292 g/mol. The van der Waals surface area contributed by atoms with Gasteiger partial charge in [-0.05, 0) is 17.5 Å². The van der Waals surface area contributed by atoms with Gasteiger partial charge in [0.1, 0.15) is 16.9 Å². The number of nitrogens with zero attached hydrogens (tertiary/aromatic N) is 2. The molecule has 0 aliphatic carbocycles. The molecular weight excluding hydrogens is 278 g/mol. The van der Waals surface area contributed by atoms with E-state index in [9.17, 15) is 0 Å². The van der Waals surface area contributed by atoms with Crippen molar-refractivity contribution in [2.45, 2.75) is 19.3 Å². The van der Waals surface area contributed by atoms with Crippen molar-refractivity contribution in [3.63, 3.8) is 0 Å². The maximum absolute atomic E-state index is 8.93. The molecule has 0 saturated heterocycles. The zero-order valence-corrected chi connectivity index (χ0v) is 12.3. The van der Waals surface area contributed by atoms with Gasteiger partial charge in [-0.25, -0.2) is 4.98 Å². The molecule has 0 unspecified atom stereocenters. The van der Waals surface area contributed by atoms with E-state index in [0.717, 1.165) is 0 Å². The van der Waals surface area contributed by atoms with E-state index in [1.807, 2.05) is 6.07 Å². The lowest BCUT2D eigenvalue weighted by Crippen LogP contribution is -2.27. The average Bonchev–Trinajstić information content (AvgIpc) is 2.92. The van der Waals surface area contributed by atoms with Gasteiger partial charge >= 0.3 is 0 Å². The van der Waals surface area contributed by atoms with Crippen LogP contribution in [0.15, 0.2) is 29.8 Å². The molecule has 3 nitrogen and oxygen atoms in total. The fourth-order valence-corrected chi connectivity index (χ4v) is 2.78. The highest BCUT2D eigenvalue weighted by Gasteiger charge is 2.22. The van der Waals surface area contributed by atoms with Crippen LogP contribution in [-0.2, 0) is 5.41 Å². The third-order valence-electron chi connectivity index (χ3n) is 2.90. The second kappa shape index (κ2) is 5.60. The van der Waals surface area contributed by atoms with E-state index in [-0.39, 0.29) is 5.41 Å². The Labute approximate surface area is 121 Å². The van der Waals surface area contributed by atoms with Crippen LogP contribution in [0.2, 0.25) is 5.02 Å². The van der Waals surface area contributed by atoms with Gasteiger partial charge in [0.2, 0.25) is 0 Å². The first-order chi connectivity index (χ1) is 9.04. The Bertz CT molecular complexity index is 600. The van der Waals surface area contributed by atoms with Crippen LogP contribution in [0.4, 0.5) is 5.82 Å². The zero-order chi connectivity index (χ0) is 13.9. The predicted molar refractivity (Wildman–Crippen MR) is 79.8 cm³/mol. The minimum absolute atomic E-state index is 0.0121. The van der Waals surface area contributed by atoms with Crippen molar-refractivity contribution < 1.29 is 0 Å². The molecular formula is C14H14ClN3S. The topological polar surface area (TPSA) is 48.7 Å². The van der Waals surface area contributed by atoms with Crippen LogP contribution < -0.4 is 5.32 Å². The van der Waals surface area contributed by atoms with Crippen LogP contribution in [0.25, 0.3) is 0 Å². The molecule has 0 fully saturated rings. The minimum atomic E-state index is -0.0121. The molecule has 98 valence electrons. The highest BCUT2D eigenvalue weighted by atomic mass is 35.5. The first kappa shape index (κ1) is 13.9. The summed E-state index contributed by atoms with van der Waals surface area (Å²) in [4.78, 5) is 5.48. The highest BCUT2D eigenvalue weighted by Crippen LogP contribution is 2.29. The second-order valence-corrected chi connectivity index (χ2v) is 6.17. The third kappa shape index (κ3) is 3.06. The molecule has 0 radical (unpaired) electrons. The molecule has 0 aliphatic heterocycles. The Morgan fingerprint density at radius 3 is 2.89 bits per heavy atom. The van der Waals surface area contributed by atoms with Crippen LogP contribution in [-0.4, -0.2) is 11.5 Å². The quantitative estimate of drug-likeness (QED) is 0.924. The number of pyridine rings is 1. The molecule has 0 bridgehead atoms. The summed E-state index contributed by atoms with van der Waals surface area (Å²) in [6, 6.07) is 7.82. The molecule has 2 rings (SSSR count). The summed E-state index contributed by atoms with van der Waals surface area (Å²) in [5.74, 6) is 0.561. The van der Waals surface area contributed by atoms with Gasteiger partial charge in [-0.2, -0.15) is 5.26 Å². The lowest BCUT2D eigenvalue weighted by molar-refractivity contribution is 0.568. The molecule has 19 heavy (non-hydrogen) atoms. The SMILES string of the molecule is CC(C)(CNc1nccc(C#N)c1Cl)c1cccs1. The minimum Gasteiger partial charge on any atom is -0.368 e. The van der Waals surface area contributed by atoms with E-state index in [4.69, 9.17) is 16.9 Å². The smallest absolute Gasteiger partial charge is 0.146 e. The first-order valence-corrected chi connectivity index (χ1v) is 7.13. The number of hydrogen-bond acceptors (Lipinski definition) is 4. The Kier molecular flexibility index (Phi) is 4.08. The number of rotatable bonds is 4. The van der Waals surface area contributed by atoms with Crippen molar-refractivity contribution in [1.82, 2.24) is 4.98 Å². The van der Waals surface area contributed by atoms with Crippen LogP contribution in [0, 0.1) is 11.3 Å². The van der Waals surface area contributed by atoms with Crippen molar-refractivity contribution >= 4 is 28.8 Å². The van der Waals surface area contributed by atoms with Crippen molar-refractivity contribution in [1.29, 1.82) is 5.26 Å². The monoisotopic (exact) mass is 291 g/mol. The number of halogens is 1. The summed E-state index contributed by atoms with van der Waals surface area (Å²) in [5.41, 5.74) is 0.426. The molecule has 0 amide bonds. The standard InChI is InChI=1S/C14H14ClN3S/c1-14(2,11-4-3-7-19-11)9-18-13-12(15)10(8-16)5-6-17-13/h3-7H,9H2,1-2H3,(H,17,18). The molecule has 2 aromatic rings. The molecule has 0 aromatic carbocycles. The predicted octanol–water partition coefficient (Wildman–Crippen LogP) is 4.06. The van der Waals surface area contributed by atoms with E-state index in [2.05, 4.69) is 41.7 Å². The summed E-state index contributed by atoms with van der Waals surface area (Å²) < 4.78 is 0. The number of aromatic nitrogens is 1. The second-order valence-electron chi connectivity index (χ2n) is 4.85. The van der Waals surface area contributed by atoms with E-state index in [1.165, 1.54) is 4.88 Å². The summed E-state index contributed by atoms with van der Waals surface area (Å²) in [6.07, 6.45) is 1.59. The molecule has 0 aliphatic rings. The van der Waals surface area contributed by atoms with Gasteiger partial charge in [-0.1, -0.05) is 31.5 Å². The lowest BCUT2D eigenvalue weighted by atomic mass is 9.91. The number of thiophene rings is 1. The van der Waals surface area contributed by atoms with Crippen molar-refractivity contribution in [3.8, 4) is 6.07 Å². The summed E-state index contributed by atoms with van der Waals surface area (Å²) in [6.45, 7) is 5.02. The molecule has 5 heteroatoms. The summed E-state index contributed by atoms with van der Waals surface area (Å²) in [7, 11) is 0. The number of anilines is 1. The van der Waals surface area contributed by atoms with Gasteiger partial charge in [0, 0.05) is 23.0 Å². The Morgan fingerprint density at radius 2 is 2.26 bits per heavy atom. The molecule has 2 aromatic heterocycles. The largest absolute Gasteiger partial charge is 0.368 e. The maximum atomic E-state index is 8.93. The maximum Gasteiger partial charge on any atom is 0.146 e. The zero-order valence-electron chi connectivity index (χ0n) is 10.8. The van der Waals surface area contributed by atoms with Gasteiger partial charge in [0.15, 0.2) is 0 Å². The molecule has 0 saturated carbocycles. The van der Waals surface area contributed by atoms with Gasteiger partial charge in [0.25, 0.3) is 0 Å². The van der Waals surface area contributed by atoms with E-state index >= 15 is 0 Å². The van der Waals surface area contributed by atoms with Crippen LogP contribution in [0.1, 0.15) is 24.3 Å². The first-order valence-electron chi connectivity index (χ1n) is 5.87. The third-order valence-corrected chi connectivity index (χ3v) is 4.51. The molecule has 0 spiro atoms. The van der Waals surface area contributed by atoms with Crippen LogP contribution in [0.3, 0.4) is 0 Å². The Hall–Kier alpha value is -1.57. The van der Waals surface area contributed by atoms with Crippen molar-refractivity contribution in [2.24, 2.45) is 0 Å². The van der Waals surface area contributed by atoms with Crippen LogP contribution >= 0.6 is 22.9 Å². The van der Waals surface area contributed by atoms with Gasteiger partial charge in [0.05, 0.1) is 5.56 Å². The number of hydrogen-bond donors (Lipinski definition) is 1. The highest BCUT2D eigenvalue weighted by molar-refractivity contribution is 7.10. The Morgan fingerprint density at radius 1 is 1.47 bits per heavy atom. The molecule has 0 atom stereocenters. The fraction of sp³-hybridized carbons (Fsp3) is 0.286. The normalized spacial score (nSPS) is 11.1. The van der Waals surface area contributed by atoms with E-state index < -0.39 is 0 Å². The summed E-state index contributed by atoms with van der Waals surface area (Å²) in [5, 5.41) is 14.6. The van der Waals surface area contributed by atoms with Gasteiger partial charge in [-0.3, -0.25) is 0 Å². The number of nitriles is 1. The van der Waals surface area contributed by atoms with Crippen molar-refractivity contribution in [2.75, 3.05) is 11.9 Å². The fourth-order valence-electron chi connectivity index (χ4n) is 1.71. The number of nitrogens with one attached hydrogen (secondary N) is 1. The molecule has 2 heterocycles. The van der Waals surface area contributed by atoms with Gasteiger partial charge < -0.3 is 5.32 Å². The van der Waals surface area contributed by atoms with Gasteiger partial charge in [-0.15, -0.1) is 11.3 Å². The van der Waals surface area contributed by atoms with E-state index in [0.29, 0.717) is 22.9 Å². The van der Waals surface area contributed by atoms with Crippen LogP contribution in [0.5, 0.6) is 0 Å². The van der Waals surface area contributed by atoms with Crippen molar-refractivity contribution in [3.05, 3.63) is 45.2 Å². The summed E-state index contributed by atoms with van der Waals surface area (Å²) >= 11 is 7.85. The molecule has 1 N–H and O–H groups in total.